The molecule has 2 aromatic rings. The summed E-state index contributed by atoms with van der Waals surface area (Å²) in [4.78, 5) is 24.3. The molecule has 0 aromatic heterocycles. The fourth-order valence-electron chi connectivity index (χ4n) is 2.62. The average molecular weight is 506 g/mol. The maximum absolute atomic E-state index is 12.2. The lowest BCUT2D eigenvalue weighted by atomic mass is 9.87. The van der Waals surface area contributed by atoms with E-state index >= 15 is 0 Å². The van der Waals surface area contributed by atoms with E-state index in [9.17, 15) is 9.59 Å². The molecule has 0 fully saturated rings. The Labute approximate surface area is 197 Å². The quantitative estimate of drug-likeness (QED) is 0.409. The minimum absolute atomic E-state index is 0.0120. The Kier molecular flexibility index (Phi) is 8.59. The number of hydrogen-bond acceptors (Lipinski definition) is 4. The molecule has 0 bridgehead atoms. The number of nitrogens with one attached hydrogen (secondary N) is 3. The second kappa shape index (κ2) is 10.7. The molecule has 31 heavy (non-hydrogen) atoms. The Bertz CT molecular complexity index is 954. The van der Waals surface area contributed by atoms with Gasteiger partial charge in [-0.25, -0.2) is 0 Å². The van der Waals surface area contributed by atoms with Gasteiger partial charge in [-0.15, -0.1) is 0 Å². The number of hydrazine groups is 1. The Morgan fingerprint density at radius 2 is 1.71 bits per heavy atom. The van der Waals surface area contributed by atoms with Crippen LogP contribution in [0.3, 0.4) is 0 Å². The Balaban J connectivity index is 1.79. The lowest BCUT2D eigenvalue weighted by Gasteiger charge is -2.20. The second-order valence-electron chi connectivity index (χ2n) is 8.42. The van der Waals surface area contributed by atoms with Crippen molar-refractivity contribution in [1.82, 2.24) is 16.2 Å². The molecule has 0 saturated carbocycles. The molecule has 0 spiro atoms. The number of amides is 2. The van der Waals surface area contributed by atoms with Crippen molar-refractivity contribution in [3.05, 3.63) is 63.6 Å². The van der Waals surface area contributed by atoms with Gasteiger partial charge in [-0.3, -0.25) is 25.8 Å². The molecular weight excluding hydrogens is 478 g/mol. The SMILES string of the molecule is CC(C)c1ccc(C(=O)NC(=S)NNC(=O)COc2ccc(C(C)(C)C)cc2Br)cc1. The van der Waals surface area contributed by atoms with Gasteiger partial charge in [0, 0.05) is 5.56 Å². The van der Waals surface area contributed by atoms with Crippen LogP contribution in [-0.2, 0) is 10.2 Å². The van der Waals surface area contributed by atoms with Gasteiger partial charge in [-0.2, -0.15) is 0 Å². The van der Waals surface area contributed by atoms with Crippen LogP contribution < -0.4 is 20.9 Å². The number of carbonyl (C=O) groups is 2. The molecule has 166 valence electrons. The van der Waals surface area contributed by atoms with Crippen LogP contribution in [0.2, 0.25) is 0 Å². The smallest absolute Gasteiger partial charge is 0.276 e. The van der Waals surface area contributed by atoms with Crippen LogP contribution >= 0.6 is 28.1 Å². The molecule has 0 saturated heterocycles. The van der Waals surface area contributed by atoms with E-state index < -0.39 is 5.91 Å². The van der Waals surface area contributed by atoms with Crippen LogP contribution in [0, 0.1) is 0 Å². The molecule has 2 rings (SSSR count). The van der Waals surface area contributed by atoms with E-state index in [1.165, 1.54) is 0 Å². The third-order valence-electron chi connectivity index (χ3n) is 4.54. The van der Waals surface area contributed by atoms with Crippen molar-refractivity contribution < 1.29 is 14.3 Å². The number of rotatable bonds is 5. The molecule has 3 N–H and O–H groups in total. The molecule has 0 atom stereocenters. The minimum Gasteiger partial charge on any atom is -0.483 e. The highest BCUT2D eigenvalue weighted by molar-refractivity contribution is 9.10. The maximum atomic E-state index is 12.2. The van der Waals surface area contributed by atoms with Crippen molar-refractivity contribution in [3.8, 4) is 5.75 Å². The third-order valence-corrected chi connectivity index (χ3v) is 5.36. The summed E-state index contributed by atoms with van der Waals surface area (Å²) in [5, 5.41) is 2.51. The molecule has 6 nitrogen and oxygen atoms in total. The van der Waals surface area contributed by atoms with Crippen molar-refractivity contribution >= 4 is 45.1 Å². The van der Waals surface area contributed by atoms with E-state index in [1.807, 2.05) is 30.3 Å². The van der Waals surface area contributed by atoms with Crippen LogP contribution in [-0.4, -0.2) is 23.5 Å². The van der Waals surface area contributed by atoms with Crippen LogP contribution in [0.1, 0.15) is 62.0 Å². The van der Waals surface area contributed by atoms with Crippen LogP contribution in [0.15, 0.2) is 46.9 Å². The predicted molar refractivity (Wildman–Crippen MR) is 130 cm³/mol. The number of halogens is 1. The summed E-state index contributed by atoms with van der Waals surface area (Å²) in [6.45, 7) is 10.3. The monoisotopic (exact) mass is 505 g/mol. The van der Waals surface area contributed by atoms with Gasteiger partial charge in [0.25, 0.3) is 11.8 Å². The molecule has 0 aliphatic heterocycles. The number of carbonyl (C=O) groups excluding carboxylic acids is 2. The predicted octanol–water partition coefficient (Wildman–Crippen LogP) is 4.58. The normalized spacial score (nSPS) is 11.1. The maximum Gasteiger partial charge on any atom is 0.276 e. The van der Waals surface area contributed by atoms with Gasteiger partial charge in [0.2, 0.25) is 0 Å². The Morgan fingerprint density at radius 1 is 1.06 bits per heavy atom. The van der Waals surface area contributed by atoms with Crippen LogP contribution in [0.5, 0.6) is 5.75 Å². The highest BCUT2D eigenvalue weighted by atomic mass is 79.9. The zero-order chi connectivity index (χ0) is 23.2. The summed E-state index contributed by atoms with van der Waals surface area (Å²) in [5.41, 5.74) is 7.69. The van der Waals surface area contributed by atoms with E-state index in [4.69, 9.17) is 17.0 Å². The summed E-state index contributed by atoms with van der Waals surface area (Å²) >= 11 is 8.53. The summed E-state index contributed by atoms with van der Waals surface area (Å²) in [6.07, 6.45) is 0. The second-order valence-corrected chi connectivity index (χ2v) is 9.68. The molecule has 0 unspecified atom stereocenters. The lowest BCUT2D eigenvalue weighted by Crippen LogP contribution is -2.49. The van der Waals surface area contributed by atoms with E-state index in [2.05, 4.69) is 66.7 Å². The third kappa shape index (κ3) is 7.63. The van der Waals surface area contributed by atoms with Crippen LogP contribution in [0.4, 0.5) is 0 Å². The molecule has 0 radical (unpaired) electrons. The van der Waals surface area contributed by atoms with Crippen molar-refractivity contribution in [2.75, 3.05) is 6.61 Å². The number of benzene rings is 2. The molecular formula is C23H28BrN3O3S. The molecule has 2 amide bonds. The average Bonchev–Trinajstić information content (AvgIpc) is 2.70. The van der Waals surface area contributed by atoms with Gasteiger partial charge < -0.3 is 4.74 Å². The molecule has 0 heterocycles. The molecule has 8 heteroatoms. The first kappa shape index (κ1) is 24.8. The van der Waals surface area contributed by atoms with E-state index in [0.29, 0.717) is 17.2 Å². The Hall–Kier alpha value is -2.45. The standard InChI is InChI=1S/C23H28BrN3O3S/c1-14(2)15-6-8-16(9-7-15)21(29)25-22(31)27-26-20(28)13-30-19-11-10-17(12-18(19)24)23(3,4)5/h6-12,14H,13H2,1-5H3,(H,26,28)(H2,25,27,29,31). The first-order valence-electron chi connectivity index (χ1n) is 9.90. The zero-order valence-electron chi connectivity index (χ0n) is 18.3. The highest BCUT2D eigenvalue weighted by Crippen LogP contribution is 2.31. The molecule has 0 aliphatic carbocycles. The fourth-order valence-corrected chi connectivity index (χ4v) is 3.25. The van der Waals surface area contributed by atoms with Gasteiger partial charge in [0.1, 0.15) is 5.75 Å². The van der Waals surface area contributed by atoms with Gasteiger partial charge in [0.05, 0.1) is 4.47 Å². The zero-order valence-corrected chi connectivity index (χ0v) is 20.7. The minimum atomic E-state index is -0.440. The number of hydrogen-bond donors (Lipinski definition) is 3. The topological polar surface area (TPSA) is 79.5 Å². The largest absolute Gasteiger partial charge is 0.483 e. The van der Waals surface area contributed by atoms with Crippen molar-refractivity contribution in [1.29, 1.82) is 0 Å². The summed E-state index contributed by atoms with van der Waals surface area (Å²) < 4.78 is 6.32. The number of ether oxygens (including phenoxy) is 1. The van der Waals surface area contributed by atoms with Gasteiger partial charge in [-0.1, -0.05) is 52.8 Å². The first-order valence-corrected chi connectivity index (χ1v) is 11.1. The Morgan fingerprint density at radius 3 is 2.26 bits per heavy atom. The summed E-state index contributed by atoms with van der Waals surface area (Å²) in [6, 6.07) is 13.0. The van der Waals surface area contributed by atoms with Crippen LogP contribution in [0.25, 0.3) is 0 Å². The van der Waals surface area contributed by atoms with Crippen molar-refractivity contribution in [2.24, 2.45) is 0 Å². The van der Waals surface area contributed by atoms with Gasteiger partial charge in [0.15, 0.2) is 11.7 Å². The highest BCUT2D eigenvalue weighted by Gasteiger charge is 2.16. The fraction of sp³-hybridized carbons (Fsp3) is 0.348. The van der Waals surface area contributed by atoms with E-state index in [-0.39, 0.29) is 23.0 Å². The summed E-state index contributed by atoms with van der Waals surface area (Å²) in [7, 11) is 0. The van der Waals surface area contributed by atoms with Crippen molar-refractivity contribution in [2.45, 2.75) is 46.0 Å². The van der Waals surface area contributed by atoms with Gasteiger partial charge >= 0.3 is 0 Å². The lowest BCUT2D eigenvalue weighted by molar-refractivity contribution is -0.123. The van der Waals surface area contributed by atoms with E-state index in [1.54, 1.807) is 12.1 Å². The molecule has 0 aliphatic rings. The first-order chi connectivity index (χ1) is 14.5. The number of thiocarbonyl (C=S) groups is 1. The van der Waals surface area contributed by atoms with Crippen molar-refractivity contribution in [3.63, 3.8) is 0 Å². The van der Waals surface area contributed by atoms with E-state index in [0.717, 1.165) is 15.6 Å². The van der Waals surface area contributed by atoms with Gasteiger partial charge in [-0.05, 0) is 74.9 Å². The summed E-state index contributed by atoms with van der Waals surface area (Å²) in [5.74, 6) is 0.143. The molecule has 2 aromatic carbocycles.